The van der Waals surface area contributed by atoms with Gasteiger partial charge >= 0.3 is 0 Å². The van der Waals surface area contributed by atoms with Gasteiger partial charge in [-0.05, 0) is 37.1 Å². The molecule has 3 N–H and O–H groups in total. The van der Waals surface area contributed by atoms with Crippen molar-refractivity contribution in [1.29, 1.82) is 0 Å². The van der Waals surface area contributed by atoms with Gasteiger partial charge in [-0.3, -0.25) is 4.79 Å². The molecule has 0 fully saturated rings. The Balaban J connectivity index is 2.51. The van der Waals surface area contributed by atoms with E-state index in [1.165, 1.54) is 0 Å². The third kappa shape index (κ3) is 5.03. The zero-order chi connectivity index (χ0) is 13.8. The summed E-state index contributed by atoms with van der Waals surface area (Å²) in [4.78, 5) is 11.8. The van der Waals surface area contributed by atoms with E-state index < -0.39 is 10.0 Å². The third-order valence-electron chi connectivity index (χ3n) is 2.32. The first-order valence-corrected chi connectivity index (χ1v) is 7.44. The summed E-state index contributed by atoms with van der Waals surface area (Å²) in [7, 11) is -3.47. The molecule has 100 valence electrons. The quantitative estimate of drug-likeness (QED) is 0.795. The minimum atomic E-state index is -3.47. The molecule has 1 rings (SSSR count). The summed E-state index contributed by atoms with van der Waals surface area (Å²) in [5.74, 6) is -0.397. The van der Waals surface area contributed by atoms with Gasteiger partial charge < -0.3 is 5.32 Å². The lowest BCUT2D eigenvalue weighted by Crippen LogP contribution is -2.27. The lowest BCUT2D eigenvalue weighted by Gasteiger charge is -2.07. The Morgan fingerprint density at radius 3 is 2.67 bits per heavy atom. The number of primary sulfonamides is 1. The van der Waals surface area contributed by atoms with Crippen LogP contribution in [0.25, 0.3) is 0 Å². The number of nitrogens with two attached hydrogens (primary N) is 1. The first kappa shape index (κ1) is 14.9. The van der Waals surface area contributed by atoms with Gasteiger partial charge in [-0.25, -0.2) is 13.6 Å². The first-order valence-electron chi connectivity index (χ1n) is 5.34. The van der Waals surface area contributed by atoms with Crippen LogP contribution in [0.15, 0.2) is 18.2 Å². The SMILES string of the molecule is Cc1cc(Cl)ccc1C(=O)NCCCS(N)(=O)=O. The average Bonchev–Trinajstić information content (AvgIpc) is 2.22. The standard InChI is InChI=1S/C11H15ClN2O3S/c1-8-7-9(12)3-4-10(8)11(15)14-5-2-6-18(13,16)17/h3-4,7H,2,5-6H2,1H3,(H,14,15)(H2,13,16,17). The highest BCUT2D eigenvalue weighted by Crippen LogP contribution is 2.14. The number of benzene rings is 1. The highest BCUT2D eigenvalue weighted by atomic mass is 35.5. The molecule has 0 heterocycles. The molecule has 0 radical (unpaired) electrons. The number of amides is 1. The summed E-state index contributed by atoms with van der Waals surface area (Å²) in [6.45, 7) is 2.04. The van der Waals surface area contributed by atoms with Gasteiger partial charge in [0.1, 0.15) is 0 Å². The Kier molecular flexibility index (Phi) is 5.13. The summed E-state index contributed by atoms with van der Waals surface area (Å²) in [5, 5.41) is 8.05. The molecular weight excluding hydrogens is 276 g/mol. The number of rotatable bonds is 5. The van der Waals surface area contributed by atoms with Crippen LogP contribution in [0.2, 0.25) is 5.02 Å². The van der Waals surface area contributed by atoms with Crippen molar-refractivity contribution in [2.75, 3.05) is 12.3 Å². The second kappa shape index (κ2) is 6.17. The molecule has 0 spiro atoms. The fraction of sp³-hybridized carbons (Fsp3) is 0.364. The predicted octanol–water partition coefficient (Wildman–Crippen LogP) is 1.06. The molecule has 0 aliphatic carbocycles. The molecule has 0 aliphatic rings. The van der Waals surface area contributed by atoms with E-state index in [0.717, 1.165) is 5.56 Å². The maximum Gasteiger partial charge on any atom is 0.251 e. The van der Waals surface area contributed by atoms with Gasteiger partial charge in [0.2, 0.25) is 10.0 Å². The summed E-state index contributed by atoms with van der Waals surface area (Å²) >= 11 is 5.79. The van der Waals surface area contributed by atoms with Gasteiger partial charge in [-0.1, -0.05) is 11.6 Å². The van der Waals surface area contributed by atoms with Gasteiger partial charge in [0.15, 0.2) is 0 Å². The average molecular weight is 291 g/mol. The highest BCUT2D eigenvalue weighted by Gasteiger charge is 2.09. The number of sulfonamides is 1. The number of carbonyl (C=O) groups excluding carboxylic acids is 1. The first-order chi connectivity index (χ1) is 8.29. The maximum atomic E-state index is 11.8. The van der Waals surface area contributed by atoms with Crippen LogP contribution in [0.1, 0.15) is 22.3 Å². The molecule has 5 nitrogen and oxygen atoms in total. The van der Waals surface area contributed by atoms with Crippen LogP contribution < -0.4 is 10.5 Å². The van der Waals surface area contributed by atoms with Crippen LogP contribution >= 0.6 is 11.6 Å². The van der Waals surface area contributed by atoms with Gasteiger partial charge in [0, 0.05) is 17.1 Å². The number of nitrogens with one attached hydrogen (secondary N) is 1. The second-order valence-corrected chi connectivity index (χ2v) is 6.11. The molecule has 0 aliphatic heterocycles. The van der Waals surface area contributed by atoms with Crippen LogP contribution in [0.3, 0.4) is 0 Å². The minimum absolute atomic E-state index is 0.146. The van der Waals surface area contributed by atoms with E-state index in [9.17, 15) is 13.2 Å². The van der Waals surface area contributed by atoms with Crippen LogP contribution in [-0.2, 0) is 10.0 Å². The van der Waals surface area contributed by atoms with E-state index in [-0.39, 0.29) is 24.6 Å². The molecule has 18 heavy (non-hydrogen) atoms. The normalized spacial score (nSPS) is 11.3. The van der Waals surface area contributed by atoms with Crippen LogP contribution in [0.5, 0.6) is 0 Å². The van der Waals surface area contributed by atoms with Gasteiger partial charge in [0.05, 0.1) is 5.75 Å². The molecular formula is C11H15ClN2O3S. The van der Waals surface area contributed by atoms with E-state index in [1.807, 2.05) is 0 Å². The Morgan fingerprint density at radius 2 is 2.11 bits per heavy atom. The second-order valence-electron chi connectivity index (χ2n) is 3.94. The third-order valence-corrected chi connectivity index (χ3v) is 3.42. The molecule has 0 unspecified atom stereocenters. The lowest BCUT2D eigenvalue weighted by atomic mass is 10.1. The summed E-state index contributed by atoms with van der Waals surface area (Å²) < 4.78 is 21.4. The van der Waals surface area contributed by atoms with E-state index in [0.29, 0.717) is 10.6 Å². The van der Waals surface area contributed by atoms with Gasteiger partial charge in [-0.2, -0.15) is 0 Å². The maximum absolute atomic E-state index is 11.8. The molecule has 0 saturated carbocycles. The van der Waals surface area contributed by atoms with Crippen LogP contribution in [-0.4, -0.2) is 26.6 Å². The Hall–Kier alpha value is -1.11. The van der Waals surface area contributed by atoms with Gasteiger partial charge in [0.25, 0.3) is 5.91 Å². The molecule has 1 amide bonds. The largest absolute Gasteiger partial charge is 0.352 e. The van der Waals surface area contributed by atoms with Gasteiger partial charge in [-0.15, -0.1) is 0 Å². The molecule has 1 aromatic carbocycles. The van der Waals surface area contributed by atoms with Crippen molar-refractivity contribution in [1.82, 2.24) is 5.32 Å². The van der Waals surface area contributed by atoms with Crippen molar-refractivity contribution >= 4 is 27.5 Å². The molecule has 7 heteroatoms. The molecule has 0 aromatic heterocycles. The lowest BCUT2D eigenvalue weighted by molar-refractivity contribution is 0.0953. The number of hydrogen-bond donors (Lipinski definition) is 2. The topological polar surface area (TPSA) is 89.3 Å². The number of halogens is 1. The molecule has 0 atom stereocenters. The van der Waals surface area contributed by atoms with E-state index in [2.05, 4.69) is 5.32 Å². The molecule has 0 bridgehead atoms. The van der Waals surface area contributed by atoms with Crippen molar-refractivity contribution in [2.45, 2.75) is 13.3 Å². The van der Waals surface area contributed by atoms with Crippen molar-refractivity contribution < 1.29 is 13.2 Å². The fourth-order valence-electron chi connectivity index (χ4n) is 1.45. The van der Waals surface area contributed by atoms with Crippen LogP contribution in [0, 0.1) is 6.92 Å². The number of hydrogen-bond acceptors (Lipinski definition) is 3. The van der Waals surface area contributed by atoms with E-state index >= 15 is 0 Å². The Morgan fingerprint density at radius 1 is 1.44 bits per heavy atom. The van der Waals surface area contributed by atoms with E-state index in [4.69, 9.17) is 16.7 Å². The van der Waals surface area contributed by atoms with Crippen LogP contribution in [0.4, 0.5) is 0 Å². The zero-order valence-electron chi connectivity index (χ0n) is 9.94. The summed E-state index contributed by atoms with van der Waals surface area (Å²) in [5.41, 5.74) is 1.29. The fourth-order valence-corrected chi connectivity index (χ4v) is 2.23. The van der Waals surface area contributed by atoms with Crippen molar-refractivity contribution in [3.8, 4) is 0 Å². The zero-order valence-corrected chi connectivity index (χ0v) is 11.5. The van der Waals surface area contributed by atoms with Crippen molar-refractivity contribution in [3.63, 3.8) is 0 Å². The highest BCUT2D eigenvalue weighted by molar-refractivity contribution is 7.89. The molecule has 0 saturated heterocycles. The number of carbonyl (C=O) groups is 1. The Bertz CT molecular complexity index is 543. The minimum Gasteiger partial charge on any atom is -0.352 e. The monoisotopic (exact) mass is 290 g/mol. The summed E-state index contributed by atoms with van der Waals surface area (Å²) in [6, 6.07) is 4.96. The predicted molar refractivity (Wildman–Crippen MR) is 71.1 cm³/mol. The summed E-state index contributed by atoms with van der Waals surface area (Å²) in [6.07, 6.45) is 0.289. The van der Waals surface area contributed by atoms with Crippen molar-refractivity contribution in [2.24, 2.45) is 5.14 Å². The smallest absolute Gasteiger partial charge is 0.251 e. The number of aryl methyl sites for hydroxylation is 1. The molecule has 1 aromatic rings. The van der Waals surface area contributed by atoms with Crippen molar-refractivity contribution in [3.05, 3.63) is 34.3 Å². The Labute approximate surface area is 111 Å². The van der Waals surface area contributed by atoms with E-state index in [1.54, 1.807) is 25.1 Å².